The van der Waals surface area contributed by atoms with Gasteiger partial charge >= 0.3 is 0 Å². The maximum absolute atomic E-state index is 8.37. The lowest BCUT2D eigenvalue weighted by Crippen LogP contribution is -2.26. The van der Waals surface area contributed by atoms with Gasteiger partial charge in [0, 0.05) is 13.0 Å². The van der Waals surface area contributed by atoms with E-state index in [2.05, 4.69) is 19.0 Å². The minimum absolute atomic E-state index is 0.286. The molecule has 0 aromatic carbocycles. The molecule has 0 saturated heterocycles. The summed E-state index contributed by atoms with van der Waals surface area (Å²) < 4.78 is 5.83. The fourth-order valence-corrected chi connectivity index (χ4v) is 2.56. The van der Waals surface area contributed by atoms with Crippen LogP contribution in [0.15, 0.2) is 5.16 Å². The molecule has 0 aromatic heterocycles. The van der Waals surface area contributed by atoms with Crippen molar-refractivity contribution in [2.75, 3.05) is 6.61 Å². The molecule has 3 N–H and O–H groups in total. The van der Waals surface area contributed by atoms with E-state index in [-0.39, 0.29) is 5.84 Å². The number of amidine groups is 1. The largest absolute Gasteiger partial charge is 0.409 e. The second kappa shape index (κ2) is 6.74. The quantitative estimate of drug-likeness (QED) is 0.249. The van der Waals surface area contributed by atoms with Crippen LogP contribution in [0, 0.1) is 11.8 Å². The number of hydrogen-bond donors (Lipinski definition) is 2. The summed E-state index contributed by atoms with van der Waals surface area (Å²) in [5, 5.41) is 11.3. The van der Waals surface area contributed by atoms with Gasteiger partial charge in [-0.05, 0) is 37.5 Å². The van der Waals surface area contributed by atoms with Gasteiger partial charge in [0.25, 0.3) is 0 Å². The molecular formula is C12H24N2O2. The van der Waals surface area contributed by atoms with E-state index in [1.807, 2.05) is 0 Å². The lowest BCUT2D eigenvalue weighted by atomic mass is 9.82. The summed E-state index contributed by atoms with van der Waals surface area (Å²) in [6, 6.07) is 0. The number of oxime groups is 1. The highest BCUT2D eigenvalue weighted by Crippen LogP contribution is 2.30. The molecular weight excluding hydrogens is 204 g/mol. The molecule has 0 aliphatic heterocycles. The van der Waals surface area contributed by atoms with E-state index in [1.165, 1.54) is 19.3 Å². The number of nitrogens with zero attached hydrogens (tertiary/aromatic N) is 1. The average Bonchev–Trinajstić information content (AvgIpc) is 2.22. The summed E-state index contributed by atoms with van der Waals surface area (Å²) in [5.41, 5.74) is 5.38. The van der Waals surface area contributed by atoms with Crippen LogP contribution in [0.5, 0.6) is 0 Å². The van der Waals surface area contributed by atoms with E-state index in [0.717, 1.165) is 18.3 Å². The first kappa shape index (κ1) is 13.3. The maximum atomic E-state index is 8.37. The summed E-state index contributed by atoms with van der Waals surface area (Å²) in [6.07, 6.45) is 5.51. The second-order valence-electron chi connectivity index (χ2n) is 5.11. The van der Waals surface area contributed by atoms with Crippen LogP contribution in [-0.4, -0.2) is 23.8 Å². The van der Waals surface area contributed by atoms with Gasteiger partial charge < -0.3 is 15.7 Å². The lowest BCUT2D eigenvalue weighted by Gasteiger charge is -2.31. The van der Waals surface area contributed by atoms with Crippen molar-refractivity contribution in [3.8, 4) is 0 Å². The Bertz CT molecular complexity index is 221. The monoisotopic (exact) mass is 228 g/mol. The summed E-state index contributed by atoms with van der Waals surface area (Å²) >= 11 is 0. The Morgan fingerprint density at radius 1 is 1.31 bits per heavy atom. The third-order valence-electron chi connectivity index (χ3n) is 3.19. The Morgan fingerprint density at radius 3 is 2.50 bits per heavy atom. The van der Waals surface area contributed by atoms with Crippen LogP contribution in [-0.2, 0) is 4.74 Å². The van der Waals surface area contributed by atoms with Crippen LogP contribution in [0.4, 0.5) is 0 Å². The smallest absolute Gasteiger partial charge is 0.139 e. The zero-order valence-electron chi connectivity index (χ0n) is 10.4. The second-order valence-corrected chi connectivity index (χ2v) is 5.11. The van der Waals surface area contributed by atoms with Crippen molar-refractivity contribution in [3.05, 3.63) is 0 Å². The van der Waals surface area contributed by atoms with Gasteiger partial charge in [0.1, 0.15) is 5.84 Å². The molecule has 1 saturated carbocycles. The predicted octanol–water partition coefficient (Wildman–Crippen LogP) is 2.35. The van der Waals surface area contributed by atoms with E-state index >= 15 is 0 Å². The molecule has 0 spiro atoms. The van der Waals surface area contributed by atoms with E-state index < -0.39 is 0 Å². The highest BCUT2D eigenvalue weighted by Gasteiger charge is 2.24. The van der Waals surface area contributed by atoms with E-state index in [4.69, 9.17) is 15.7 Å². The molecule has 0 aromatic rings. The molecule has 1 rings (SSSR count). The highest BCUT2D eigenvalue weighted by molar-refractivity contribution is 5.79. The van der Waals surface area contributed by atoms with Crippen LogP contribution in [0.2, 0.25) is 0 Å². The summed E-state index contributed by atoms with van der Waals surface area (Å²) in [7, 11) is 0. The van der Waals surface area contributed by atoms with Crippen LogP contribution in [0.1, 0.15) is 46.0 Å². The van der Waals surface area contributed by atoms with Crippen LogP contribution in [0.25, 0.3) is 0 Å². The third kappa shape index (κ3) is 4.84. The van der Waals surface area contributed by atoms with Crippen molar-refractivity contribution in [3.63, 3.8) is 0 Å². The molecule has 94 valence electrons. The first-order chi connectivity index (χ1) is 7.61. The van der Waals surface area contributed by atoms with E-state index in [9.17, 15) is 0 Å². The van der Waals surface area contributed by atoms with Crippen molar-refractivity contribution < 1.29 is 9.94 Å². The van der Waals surface area contributed by atoms with Gasteiger partial charge in [-0.2, -0.15) is 0 Å². The highest BCUT2D eigenvalue weighted by atomic mass is 16.5. The Balaban J connectivity index is 2.12. The van der Waals surface area contributed by atoms with E-state index in [1.54, 1.807) is 0 Å². The summed E-state index contributed by atoms with van der Waals surface area (Å²) in [6.45, 7) is 5.30. The Morgan fingerprint density at radius 2 is 1.94 bits per heavy atom. The molecule has 4 heteroatoms. The number of hydrogen-bond acceptors (Lipinski definition) is 3. The maximum Gasteiger partial charge on any atom is 0.139 e. The molecule has 2 atom stereocenters. The number of ether oxygens (including phenoxy) is 1. The number of nitrogens with two attached hydrogens (primary N) is 1. The SMILES string of the molecule is CC1CC(C)CC(OCCCC(N)=NO)C1. The predicted molar refractivity (Wildman–Crippen MR) is 64.6 cm³/mol. The zero-order valence-corrected chi connectivity index (χ0v) is 10.4. The number of rotatable bonds is 5. The van der Waals surface area contributed by atoms with Crippen molar-refractivity contribution in [2.24, 2.45) is 22.7 Å². The fraction of sp³-hybridized carbons (Fsp3) is 0.917. The van der Waals surface area contributed by atoms with Gasteiger partial charge in [0.05, 0.1) is 6.10 Å². The first-order valence-corrected chi connectivity index (χ1v) is 6.19. The van der Waals surface area contributed by atoms with Gasteiger partial charge in [-0.15, -0.1) is 0 Å². The van der Waals surface area contributed by atoms with Gasteiger partial charge in [-0.3, -0.25) is 0 Å². The molecule has 0 amide bonds. The van der Waals surface area contributed by atoms with Crippen molar-refractivity contribution in [1.82, 2.24) is 0 Å². The summed E-state index contributed by atoms with van der Waals surface area (Å²) in [4.78, 5) is 0. The van der Waals surface area contributed by atoms with Gasteiger partial charge in [-0.1, -0.05) is 19.0 Å². The lowest BCUT2D eigenvalue weighted by molar-refractivity contribution is 0.000564. The molecule has 1 aliphatic carbocycles. The average molecular weight is 228 g/mol. The van der Waals surface area contributed by atoms with Crippen LogP contribution >= 0.6 is 0 Å². The van der Waals surface area contributed by atoms with Crippen LogP contribution < -0.4 is 5.73 Å². The molecule has 16 heavy (non-hydrogen) atoms. The topological polar surface area (TPSA) is 67.8 Å². The minimum Gasteiger partial charge on any atom is -0.409 e. The zero-order chi connectivity index (χ0) is 12.0. The molecule has 4 nitrogen and oxygen atoms in total. The molecule has 1 fully saturated rings. The van der Waals surface area contributed by atoms with Crippen LogP contribution in [0.3, 0.4) is 0 Å². The van der Waals surface area contributed by atoms with Crippen molar-refractivity contribution >= 4 is 5.84 Å². The van der Waals surface area contributed by atoms with Gasteiger partial charge in [0.2, 0.25) is 0 Å². The van der Waals surface area contributed by atoms with Crippen molar-refractivity contribution in [1.29, 1.82) is 0 Å². The summed E-state index contributed by atoms with van der Waals surface area (Å²) in [5.74, 6) is 1.84. The first-order valence-electron chi connectivity index (χ1n) is 6.19. The Labute approximate surface area is 97.8 Å². The molecule has 1 aliphatic rings. The minimum atomic E-state index is 0.286. The van der Waals surface area contributed by atoms with Gasteiger partial charge in [0.15, 0.2) is 0 Å². The van der Waals surface area contributed by atoms with Gasteiger partial charge in [-0.25, -0.2) is 0 Å². The standard InChI is InChI=1S/C12H24N2O2/c1-9-6-10(2)8-11(7-9)16-5-3-4-12(13)14-15/h9-11,15H,3-8H2,1-2H3,(H2,13,14). The molecule has 0 radical (unpaired) electrons. The fourth-order valence-electron chi connectivity index (χ4n) is 2.56. The Hall–Kier alpha value is -0.770. The molecule has 0 heterocycles. The third-order valence-corrected chi connectivity index (χ3v) is 3.19. The normalized spacial score (nSPS) is 31.6. The van der Waals surface area contributed by atoms with Crippen molar-refractivity contribution in [2.45, 2.75) is 52.1 Å². The van der Waals surface area contributed by atoms with E-state index in [0.29, 0.717) is 19.1 Å². The molecule has 2 unspecified atom stereocenters. The molecule has 0 bridgehead atoms. The Kier molecular flexibility index (Phi) is 5.60.